The molecule has 25 heavy (non-hydrogen) atoms. The van der Waals surface area contributed by atoms with Gasteiger partial charge in [0, 0.05) is 16.5 Å². The fourth-order valence-corrected chi connectivity index (χ4v) is 3.02. The van der Waals surface area contributed by atoms with Crippen molar-refractivity contribution in [3.8, 4) is 0 Å². The van der Waals surface area contributed by atoms with E-state index in [1.807, 2.05) is 18.2 Å². The first-order valence-electron chi connectivity index (χ1n) is 7.09. The first kappa shape index (κ1) is 18.8. The maximum Gasteiger partial charge on any atom is 0.335 e. The lowest BCUT2D eigenvalue weighted by atomic mass is 10.1. The van der Waals surface area contributed by atoms with Crippen molar-refractivity contribution in [3.05, 3.63) is 64.2 Å². The molecule has 2 aromatic carbocycles. The van der Waals surface area contributed by atoms with E-state index in [9.17, 15) is 14.4 Å². The summed E-state index contributed by atoms with van der Waals surface area (Å²) in [6, 6.07) is 10.8. The average molecular weight is 380 g/mol. The molecule has 6 nitrogen and oxygen atoms in total. The van der Waals surface area contributed by atoms with Crippen LogP contribution in [-0.2, 0) is 10.5 Å². The van der Waals surface area contributed by atoms with Crippen LogP contribution < -0.4 is 5.32 Å². The number of carbonyl (C=O) groups excluding carboxylic acids is 1. The minimum Gasteiger partial charge on any atom is -0.478 e. The fourth-order valence-electron chi connectivity index (χ4n) is 2.03. The summed E-state index contributed by atoms with van der Waals surface area (Å²) >= 11 is 7.25. The predicted octanol–water partition coefficient (Wildman–Crippen LogP) is 3.61. The molecule has 0 atom stereocenters. The lowest BCUT2D eigenvalue weighted by molar-refractivity contribution is -0.113. The van der Waals surface area contributed by atoms with Crippen LogP contribution in [0, 0.1) is 0 Å². The van der Waals surface area contributed by atoms with E-state index in [1.165, 1.54) is 23.9 Å². The summed E-state index contributed by atoms with van der Waals surface area (Å²) in [7, 11) is 0. The van der Waals surface area contributed by atoms with Crippen molar-refractivity contribution in [1.29, 1.82) is 0 Å². The molecule has 0 fully saturated rings. The normalized spacial score (nSPS) is 10.3. The SMILES string of the molecule is O=C(CSCc1cccc(Cl)c1)Nc1cc(C(=O)O)cc(C(=O)O)c1. The predicted molar refractivity (Wildman–Crippen MR) is 96.6 cm³/mol. The molecule has 0 spiro atoms. The van der Waals surface area contributed by atoms with Crippen LogP contribution in [0.25, 0.3) is 0 Å². The molecule has 0 radical (unpaired) electrons. The van der Waals surface area contributed by atoms with E-state index < -0.39 is 11.9 Å². The summed E-state index contributed by atoms with van der Waals surface area (Å²) in [6.07, 6.45) is 0. The second kappa shape index (κ2) is 8.55. The Balaban J connectivity index is 1.97. The fraction of sp³-hybridized carbons (Fsp3) is 0.118. The standard InChI is InChI=1S/C17H14ClNO5S/c18-13-3-1-2-10(4-13)8-25-9-15(20)19-14-6-11(16(21)22)5-12(7-14)17(23)24/h1-7H,8-9H2,(H,19,20)(H,21,22)(H,23,24). The van der Waals surface area contributed by atoms with Gasteiger partial charge >= 0.3 is 11.9 Å². The van der Waals surface area contributed by atoms with E-state index in [2.05, 4.69) is 5.32 Å². The number of thioether (sulfide) groups is 1. The molecule has 0 saturated heterocycles. The third-order valence-corrected chi connectivity index (χ3v) is 4.34. The third kappa shape index (κ3) is 5.81. The molecule has 0 aliphatic carbocycles. The van der Waals surface area contributed by atoms with Gasteiger partial charge < -0.3 is 15.5 Å². The van der Waals surface area contributed by atoms with Crippen LogP contribution in [0.4, 0.5) is 5.69 Å². The molecular formula is C17H14ClNO5S. The highest BCUT2D eigenvalue weighted by atomic mass is 35.5. The highest BCUT2D eigenvalue weighted by Gasteiger charge is 2.13. The smallest absolute Gasteiger partial charge is 0.335 e. The molecule has 2 rings (SSSR count). The van der Waals surface area contributed by atoms with Crippen LogP contribution in [0.1, 0.15) is 26.3 Å². The zero-order chi connectivity index (χ0) is 18.4. The van der Waals surface area contributed by atoms with Crippen molar-refractivity contribution in [2.45, 2.75) is 5.75 Å². The molecular weight excluding hydrogens is 366 g/mol. The van der Waals surface area contributed by atoms with E-state index in [1.54, 1.807) is 6.07 Å². The van der Waals surface area contributed by atoms with Crippen molar-refractivity contribution >= 4 is 46.9 Å². The summed E-state index contributed by atoms with van der Waals surface area (Å²) in [4.78, 5) is 34.1. The number of amides is 1. The number of carboxylic acids is 2. The van der Waals surface area contributed by atoms with Gasteiger partial charge in [0.05, 0.1) is 16.9 Å². The minimum atomic E-state index is -1.27. The Morgan fingerprint density at radius 3 is 2.20 bits per heavy atom. The van der Waals surface area contributed by atoms with Gasteiger partial charge in [-0.3, -0.25) is 4.79 Å². The Bertz CT molecular complexity index is 792. The largest absolute Gasteiger partial charge is 0.478 e. The van der Waals surface area contributed by atoms with Crippen LogP contribution >= 0.6 is 23.4 Å². The monoisotopic (exact) mass is 379 g/mol. The van der Waals surface area contributed by atoms with Gasteiger partial charge in [-0.05, 0) is 35.9 Å². The lowest BCUT2D eigenvalue weighted by Gasteiger charge is -2.08. The molecule has 3 N–H and O–H groups in total. The van der Waals surface area contributed by atoms with E-state index in [0.717, 1.165) is 11.6 Å². The molecule has 0 aliphatic heterocycles. The number of aromatic carboxylic acids is 2. The molecule has 8 heteroatoms. The molecule has 0 saturated carbocycles. The van der Waals surface area contributed by atoms with Crippen molar-refractivity contribution in [3.63, 3.8) is 0 Å². The number of hydrogen-bond donors (Lipinski definition) is 3. The van der Waals surface area contributed by atoms with E-state index >= 15 is 0 Å². The Morgan fingerprint density at radius 1 is 1.00 bits per heavy atom. The van der Waals surface area contributed by atoms with Crippen molar-refractivity contribution in [2.24, 2.45) is 0 Å². The Kier molecular flexibility index (Phi) is 6.44. The van der Waals surface area contributed by atoms with Crippen LogP contribution in [-0.4, -0.2) is 33.8 Å². The van der Waals surface area contributed by atoms with Crippen molar-refractivity contribution in [2.75, 3.05) is 11.1 Å². The summed E-state index contributed by atoms with van der Waals surface area (Å²) in [5, 5.41) is 21.2. The zero-order valence-electron chi connectivity index (χ0n) is 12.9. The highest BCUT2D eigenvalue weighted by molar-refractivity contribution is 7.99. The number of carbonyl (C=O) groups is 3. The number of nitrogens with one attached hydrogen (secondary N) is 1. The van der Waals surface area contributed by atoms with E-state index in [4.69, 9.17) is 21.8 Å². The molecule has 0 aromatic heterocycles. The molecule has 1 amide bonds. The maximum atomic E-state index is 12.0. The second-order valence-corrected chi connectivity index (χ2v) is 6.50. The van der Waals surface area contributed by atoms with Gasteiger partial charge in [0.25, 0.3) is 0 Å². The maximum absolute atomic E-state index is 12.0. The van der Waals surface area contributed by atoms with E-state index in [-0.39, 0.29) is 28.5 Å². The van der Waals surface area contributed by atoms with E-state index in [0.29, 0.717) is 10.8 Å². The molecule has 2 aromatic rings. The topological polar surface area (TPSA) is 104 Å². The van der Waals surface area contributed by atoms with Crippen LogP contribution in [0.5, 0.6) is 0 Å². The summed E-state index contributed by atoms with van der Waals surface area (Å²) in [5.74, 6) is -2.18. The molecule has 0 aliphatic rings. The number of benzene rings is 2. The Hall–Kier alpha value is -2.51. The van der Waals surface area contributed by atoms with Crippen LogP contribution in [0.15, 0.2) is 42.5 Å². The Labute approximate surface area is 152 Å². The summed E-state index contributed by atoms with van der Waals surface area (Å²) < 4.78 is 0. The molecule has 130 valence electrons. The number of rotatable bonds is 7. The summed E-state index contributed by atoms with van der Waals surface area (Å²) in [6.45, 7) is 0. The van der Waals surface area contributed by atoms with Crippen molar-refractivity contribution in [1.82, 2.24) is 0 Å². The third-order valence-electron chi connectivity index (χ3n) is 3.10. The van der Waals surface area contributed by atoms with Crippen LogP contribution in [0.3, 0.4) is 0 Å². The lowest BCUT2D eigenvalue weighted by Crippen LogP contribution is -2.15. The first-order chi connectivity index (χ1) is 11.8. The number of anilines is 1. The van der Waals surface area contributed by atoms with Gasteiger partial charge in [0.1, 0.15) is 0 Å². The van der Waals surface area contributed by atoms with Crippen LogP contribution in [0.2, 0.25) is 5.02 Å². The molecule has 0 bridgehead atoms. The number of carboxylic acid groups (broad SMARTS) is 2. The summed E-state index contributed by atoms with van der Waals surface area (Å²) in [5.41, 5.74) is 0.695. The van der Waals surface area contributed by atoms with Gasteiger partial charge in [0.2, 0.25) is 5.91 Å². The quantitative estimate of drug-likeness (QED) is 0.679. The Morgan fingerprint density at radius 2 is 1.64 bits per heavy atom. The van der Waals surface area contributed by atoms with Gasteiger partial charge in [0.15, 0.2) is 0 Å². The van der Waals surface area contributed by atoms with Gasteiger partial charge in [-0.1, -0.05) is 23.7 Å². The number of halogens is 1. The van der Waals surface area contributed by atoms with Gasteiger partial charge in [-0.25, -0.2) is 9.59 Å². The van der Waals surface area contributed by atoms with Gasteiger partial charge in [-0.2, -0.15) is 0 Å². The minimum absolute atomic E-state index is 0.130. The molecule has 0 unspecified atom stereocenters. The second-order valence-electron chi connectivity index (χ2n) is 5.08. The first-order valence-corrected chi connectivity index (χ1v) is 8.62. The van der Waals surface area contributed by atoms with Crippen molar-refractivity contribution < 1.29 is 24.6 Å². The van der Waals surface area contributed by atoms with Gasteiger partial charge in [-0.15, -0.1) is 11.8 Å². The average Bonchev–Trinajstić information content (AvgIpc) is 2.54. The zero-order valence-corrected chi connectivity index (χ0v) is 14.4. The molecule has 0 heterocycles. The number of hydrogen-bond acceptors (Lipinski definition) is 4. The highest BCUT2D eigenvalue weighted by Crippen LogP contribution is 2.18.